The van der Waals surface area contributed by atoms with Crippen LogP contribution in [0.2, 0.25) is 0 Å². The third-order valence-corrected chi connectivity index (χ3v) is 9.95. The molecule has 1 aliphatic rings. The molecule has 1 saturated heterocycles. The molecule has 1 N–H and O–H groups in total. The van der Waals surface area contributed by atoms with Crippen LogP contribution in [0, 0.1) is 12.7 Å². The van der Waals surface area contributed by atoms with Crippen LogP contribution in [0.1, 0.15) is 43.7 Å². The maximum atomic E-state index is 13.5. The van der Waals surface area contributed by atoms with Crippen LogP contribution in [0.5, 0.6) is 0 Å². The number of benzene rings is 3. The van der Waals surface area contributed by atoms with Gasteiger partial charge < -0.3 is 4.90 Å². The molecule has 4 rings (SSSR count). The summed E-state index contributed by atoms with van der Waals surface area (Å²) in [4.78, 5) is 1.98. The van der Waals surface area contributed by atoms with Gasteiger partial charge in [-0.05, 0) is 79.3 Å². The molecule has 3 aromatic rings. The molecule has 0 radical (unpaired) electrons. The average Bonchev–Trinajstić information content (AvgIpc) is 2.84. The second-order valence-electron chi connectivity index (χ2n) is 9.48. The average molecular weight is 531 g/mol. The fourth-order valence-electron chi connectivity index (χ4n) is 4.58. The minimum absolute atomic E-state index is 0.0398. The van der Waals surface area contributed by atoms with Crippen LogP contribution < -0.4 is 9.62 Å². The molecule has 0 atom stereocenters. The van der Waals surface area contributed by atoms with Crippen LogP contribution in [0.15, 0.2) is 81.4 Å². The van der Waals surface area contributed by atoms with Crippen LogP contribution in [0.25, 0.3) is 0 Å². The van der Waals surface area contributed by atoms with E-state index in [0.717, 1.165) is 17.8 Å². The minimum Gasteiger partial charge on any atom is -0.371 e. The molecule has 0 amide bonds. The van der Waals surface area contributed by atoms with E-state index in [9.17, 15) is 21.2 Å². The Morgan fingerprint density at radius 2 is 1.50 bits per heavy atom. The van der Waals surface area contributed by atoms with Crippen molar-refractivity contribution >= 4 is 25.5 Å². The lowest BCUT2D eigenvalue weighted by atomic mass is 10.0. The number of hydrogen-bond donors (Lipinski definition) is 1. The van der Waals surface area contributed by atoms with Crippen molar-refractivity contribution in [2.24, 2.45) is 0 Å². The Balaban J connectivity index is 1.59. The highest BCUT2D eigenvalue weighted by atomic mass is 32.2. The predicted molar refractivity (Wildman–Crippen MR) is 139 cm³/mol. The topological polar surface area (TPSA) is 83.6 Å². The Bertz CT molecular complexity index is 1450. The van der Waals surface area contributed by atoms with Crippen LogP contribution in [-0.2, 0) is 19.9 Å². The second-order valence-corrected chi connectivity index (χ2v) is 13.1. The SMILES string of the molecule is Cc1ccccc1N1CCC(NS(=O)(=O)c2cc(S(=O)(=O)c3ccc(F)cc3)ccc2C(C)C)CC1. The van der Waals surface area contributed by atoms with Crippen molar-refractivity contribution in [3.8, 4) is 0 Å². The number of halogens is 1. The van der Waals surface area contributed by atoms with Gasteiger partial charge in [-0.1, -0.05) is 38.1 Å². The Kier molecular flexibility index (Phi) is 7.54. The molecule has 1 fully saturated rings. The third-order valence-electron chi connectivity index (χ3n) is 6.60. The summed E-state index contributed by atoms with van der Waals surface area (Å²) in [6.07, 6.45) is 1.27. The summed E-state index contributed by atoms with van der Waals surface area (Å²) in [6, 6.07) is 16.5. The molecular formula is C27H31FN2O4S2. The highest BCUT2D eigenvalue weighted by Crippen LogP contribution is 2.31. The molecule has 36 heavy (non-hydrogen) atoms. The zero-order valence-electron chi connectivity index (χ0n) is 20.6. The molecule has 3 aromatic carbocycles. The van der Waals surface area contributed by atoms with Crippen molar-refractivity contribution in [3.05, 3.63) is 83.7 Å². The van der Waals surface area contributed by atoms with Crippen LogP contribution in [0.3, 0.4) is 0 Å². The lowest BCUT2D eigenvalue weighted by Crippen LogP contribution is -2.45. The van der Waals surface area contributed by atoms with Gasteiger partial charge in [0.1, 0.15) is 5.82 Å². The monoisotopic (exact) mass is 530 g/mol. The van der Waals surface area contributed by atoms with E-state index in [1.165, 1.54) is 29.8 Å². The van der Waals surface area contributed by atoms with Gasteiger partial charge in [-0.3, -0.25) is 0 Å². The molecule has 1 heterocycles. The number of anilines is 1. The number of piperidine rings is 1. The van der Waals surface area contributed by atoms with Crippen LogP contribution in [0.4, 0.5) is 10.1 Å². The summed E-state index contributed by atoms with van der Waals surface area (Å²) < 4.78 is 69.5. The molecule has 9 heteroatoms. The summed E-state index contributed by atoms with van der Waals surface area (Å²) in [7, 11) is -8.01. The standard InChI is InChI=1S/C27H31FN2O4S2/c1-19(2)25-13-12-24(35(31,32)23-10-8-21(28)9-11-23)18-27(25)36(33,34)29-22-14-16-30(17-15-22)26-7-5-4-6-20(26)3/h4-13,18-19,22,29H,14-17H2,1-3H3. The van der Waals surface area contributed by atoms with Crippen molar-refractivity contribution in [2.75, 3.05) is 18.0 Å². The molecule has 0 aliphatic carbocycles. The van der Waals surface area contributed by atoms with Crippen molar-refractivity contribution in [1.29, 1.82) is 0 Å². The molecule has 0 unspecified atom stereocenters. The van der Waals surface area contributed by atoms with E-state index < -0.39 is 25.7 Å². The van der Waals surface area contributed by atoms with E-state index in [-0.39, 0.29) is 26.6 Å². The van der Waals surface area contributed by atoms with Gasteiger partial charge in [0, 0.05) is 24.8 Å². The van der Waals surface area contributed by atoms with E-state index in [1.54, 1.807) is 6.07 Å². The van der Waals surface area contributed by atoms with Crippen molar-refractivity contribution < 1.29 is 21.2 Å². The number of hydrogen-bond acceptors (Lipinski definition) is 5. The molecule has 1 aliphatic heterocycles. The first-order chi connectivity index (χ1) is 17.0. The first-order valence-corrected chi connectivity index (χ1v) is 14.9. The van der Waals surface area contributed by atoms with Gasteiger partial charge in [-0.15, -0.1) is 0 Å². The molecule has 6 nitrogen and oxygen atoms in total. The molecular weight excluding hydrogens is 499 g/mol. The minimum atomic E-state index is -4.02. The quantitative estimate of drug-likeness (QED) is 0.433. The molecule has 0 saturated carbocycles. The number of rotatable bonds is 7. The van der Waals surface area contributed by atoms with Gasteiger partial charge in [-0.2, -0.15) is 0 Å². The third kappa shape index (κ3) is 5.48. The summed E-state index contributed by atoms with van der Waals surface area (Å²) in [5, 5.41) is 0. The smallest absolute Gasteiger partial charge is 0.241 e. The van der Waals surface area contributed by atoms with Crippen LogP contribution in [-0.4, -0.2) is 36.0 Å². The van der Waals surface area contributed by atoms with Gasteiger partial charge >= 0.3 is 0 Å². The molecule has 0 bridgehead atoms. The molecule has 192 valence electrons. The van der Waals surface area contributed by atoms with E-state index in [4.69, 9.17) is 0 Å². The van der Waals surface area contributed by atoms with E-state index >= 15 is 0 Å². The normalized spacial score (nSPS) is 15.4. The second kappa shape index (κ2) is 10.3. The fraction of sp³-hybridized carbons (Fsp3) is 0.333. The van der Waals surface area contributed by atoms with Gasteiger partial charge in [-0.25, -0.2) is 25.9 Å². The van der Waals surface area contributed by atoms with E-state index in [2.05, 4.69) is 28.7 Å². The number of sulfone groups is 1. The lowest BCUT2D eigenvalue weighted by molar-refractivity contribution is 0.459. The van der Waals surface area contributed by atoms with Crippen molar-refractivity contribution in [3.63, 3.8) is 0 Å². The number of aryl methyl sites for hydroxylation is 1. The predicted octanol–water partition coefficient (Wildman–Crippen LogP) is 5.04. The first kappa shape index (κ1) is 26.3. The Hall–Kier alpha value is -2.75. The summed E-state index contributed by atoms with van der Waals surface area (Å²) in [5.41, 5.74) is 2.87. The highest BCUT2D eigenvalue weighted by molar-refractivity contribution is 7.91. The fourth-order valence-corrected chi connectivity index (χ4v) is 7.64. The number of sulfonamides is 1. The Morgan fingerprint density at radius 1 is 0.889 bits per heavy atom. The van der Waals surface area contributed by atoms with Crippen molar-refractivity contribution in [1.82, 2.24) is 4.72 Å². The van der Waals surface area contributed by atoms with Crippen LogP contribution >= 0.6 is 0 Å². The van der Waals surface area contributed by atoms with Gasteiger partial charge in [0.05, 0.1) is 14.7 Å². The van der Waals surface area contributed by atoms with E-state index in [0.29, 0.717) is 31.5 Å². The number of para-hydroxylation sites is 1. The highest BCUT2D eigenvalue weighted by Gasteiger charge is 2.29. The molecule has 0 spiro atoms. The Morgan fingerprint density at radius 3 is 2.11 bits per heavy atom. The lowest BCUT2D eigenvalue weighted by Gasteiger charge is -2.34. The zero-order valence-corrected chi connectivity index (χ0v) is 22.2. The van der Waals surface area contributed by atoms with Crippen molar-refractivity contribution in [2.45, 2.75) is 60.3 Å². The zero-order chi connectivity index (χ0) is 26.1. The maximum absolute atomic E-state index is 13.5. The Labute approximate surface area is 213 Å². The maximum Gasteiger partial charge on any atom is 0.241 e. The molecule has 0 aromatic heterocycles. The van der Waals surface area contributed by atoms with E-state index in [1.807, 2.05) is 26.0 Å². The van der Waals surface area contributed by atoms with Gasteiger partial charge in [0.25, 0.3) is 0 Å². The number of nitrogens with zero attached hydrogens (tertiary/aromatic N) is 1. The van der Waals surface area contributed by atoms with Gasteiger partial charge in [0.2, 0.25) is 19.9 Å². The largest absolute Gasteiger partial charge is 0.371 e. The summed E-state index contributed by atoms with van der Waals surface area (Å²) >= 11 is 0. The van der Waals surface area contributed by atoms with Gasteiger partial charge in [0.15, 0.2) is 0 Å². The summed E-state index contributed by atoms with van der Waals surface area (Å²) in [6.45, 7) is 7.22. The number of nitrogens with one attached hydrogen (secondary N) is 1. The summed E-state index contributed by atoms with van der Waals surface area (Å²) in [5.74, 6) is -0.688. The first-order valence-electron chi connectivity index (χ1n) is 12.0.